The van der Waals surface area contributed by atoms with Crippen molar-refractivity contribution in [1.29, 1.82) is 0 Å². The van der Waals surface area contributed by atoms with Crippen LogP contribution in [0.1, 0.15) is 11.9 Å². The van der Waals surface area contributed by atoms with E-state index in [1.54, 1.807) is 24.5 Å². The molecule has 0 saturated carbocycles. The number of nitrogens with two attached hydrogens (primary N) is 1. The molecule has 1 rings (SSSR count). The molecule has 1 unspecified atom stereocenters. The summed E-state index contributed by atoms with van der Waals surface area (Å²) >= 11 is 1.59. The first-order chi connectivity index (χ1) is 6.20. The van der Waals surface area contributed by atoms with Gasteiger partial charge in [-0.3, -0.25) is 4.79 Å². The molecular weight excluding hydrogens is 186 g/mol. The van der Waals surface area contributed by atoms with Crippen LogP contribution in [0.2, 0.25) is 0 Å². The molecule has 0 radical (unpaired) electrons. The number of carbonyl (C=O) groups is 1. The summed E-state index contributed by atoms with van der Waals surface area (Å²) < 4.78 is 0. The summed E-state index contributed by atoms with van der Waals surface area (Å²) in [7, 11) is 0. The number of hydrogen-bond donors (Lipinski definition) is 2. The molecular formula is C8H13N3OS. The molecule has 1 aromatic heterocycles. The minimum atomic E-state index is -0.434. The highest BCUT2D eigenvalue weighted by Gasteiger charge is 2.05. The first-order valence-electron chi connectivity index (χ1n) is 4.12. The van der Waals surface area contributed by atoms with Crippen LogP contribution < -0.4 is 11.1 Å². The molecule has 1 amide bonds. The Bertz CT molecular complexity index is 258. The van der Waals surface area contributed by atoms with Crippen molar-refractivity contribution < 1.29 is 4.79 Å². The molecule has 0 aliphatic carbocycles. The van der Waals surface area contributed by atoms with Crippen LogP contribution >= 0.6 is 11.3 Å². The van der Waals surface area contributed by atoms with Crippen LogP contribution in [0.3, 0.4) is 0 Å². The fourth-order valence-corrected chi connectivity index (χ4v) is 1.45. The molecule has 0 aromatic carbocycles. The van der Waals surface area contributed by atoms with Gasteiger partial charge in [-0.25, -0.2) is 4.98 Å². The van der Waals surface area contributed by atoms with Crippen molar-refractivity contribution in [3.8, 4) is 0 Å². The largest absolute Gasteiger partial charge is 0.354 e. The van der Waals surface area contributed by atoms with Gasteiger partial charge in [0.05, 0.1) is 11.0 Å². The van der Waals surface area contributed by atoms with Crippen LogP contribution in [0.5, 0.6) is 0 Å². The quantitative estimate of drug-likeness (QED) is 0.725. The van der Waals surface area contributed by atoms with Gasteiger partial charge in [-0.2, -0.15) is 0 Å². The molecule has 0 aliphatic heterocycles. The second-order valence-electron chi connectivity index (χ2n) is 2.76. The standard InChI is InChI=1S/C8H13N3OS/c1-6(9)8(12)11-3-2-7-10-4-5-13-7/h4-6H,2-3,9H2,1H3,(H,11,12). The molecule has 0 spiro atoms. The molecule has 1 heterocycles. The van der Waals surface area contributed by atoms with Gasteiger partial charge in [0.1, 0.15) is 0 Å². The Balaban J connectivity index is 2.18. The lowest BCUT2D eigenvalue weighted by Crippen LogP contribution is -2.39. The van der Waals surface area contributed by atoms with E-state index in [0.717, 1.165) is 11.4 Å². The number of hydrogen-bond acceptors (Lipinski definition) is 4. The second-order valence-corrected chi connectivity index (χ2v) is 3.73. The molecule has 0 fully saturated rings. The number of amides is 1. The highest BCUT2D eigenvalue weighted by molar-refractivity contribution is 7.09. The number of thiazole rings is 1. The maximum atomic E-state index is 11.0. The Hall–Kier alpha value is -0.940. The van der Waals surface area contributed by atoms with Crippen molar-refractivity contribution in [2.75, 3.05) is 6.54 Å². The van der Waals surface area contributed by atoms with Gasteiger partial charge < -0.3 is 11.1 Å². The fraction of sp³-hybridized carbons (Fsp3) is 0.500. The number of carbonyl (C=O) groups excluding carboxylic acids is 1. The van der Waals surface area contributed by atoms with E-state index in [4.69, 9.17) is 5.73 Å². The summed E-state index contributed by atoms with van der Waals surface area (Å²) in [5.41, 5.74) is 5.37. The van der Waals surface area contributed by atoms with Crippen molar-refractivity contribution in [3.63, 3.8) is 0 Å². The van der Waals surface area contributed by atoms with Gasteiger partial charge in [0, 0.05) is 24.5 Å². The van der Waals surface area contributed by atoms with Crippen molar-refractivity contribution in [2.45, 2.75) is 19.4 Å². The van der Waals surface area contributed by atoms with Crippen LogP contribution in [0, 0.1) is 0 Å². The zero-order valence-corrected chi connectivity index (χ0v) is 8.30. The topological polar surface area (TPSA) is 68.0 Å². The number of nitrogens with one attached hydrogen (secondary N) is 1. The van der Waals surface area contributed by atoms with Gasteiger partial charge >= 0.3 is 0 Å². The molecule has 4 nitrogen and oxygen atoms in total. The van der Waals surface area contributed by atoms with Gasteiger partial charge in [-0.1, -0.05) is 0 Å². The normalized spacial score (nSPS) is 12.5. The molecule has 13 heavy (non-hydrogen) atoms. The highest BCUT2D eigenvalue weighted by atomic mass is 32.1. The van der Waals surface area contributed by atoms with Crippen molar-refractivity contribution >= 4 is 17.2 Å². The number of rotatable bonds is 4. The number of aromatic nitrogens is 1. The zero-order chi connectivity index (χ0) is 9.68. The average Bonchev–Trinajstić information content (AvgIpc) is 2.56. The van der Waals surface area contributed by atoms with E-state index in [-0.39, 0.29) is 5.91 Å². The predicted octanol–water partition coefficient (Wildman–Crippen LogP) is 0.149. The van der Waals surface area contributed by atoms with Crippen LogP contribution in [0.25, 0.3) is 0 Å². The minimum Gasteiger partial charge on any atom is -0.354 e. The number of nitrogens with zero attached hydrogens (tertiary/aromatic N) is 1. The first-order valence-corrected chi connectivity index (χ1v) is 5.00. The third-order valence-electron chi connectivity index (χ3n) is 1.54. The Morgan fingerprint density at radius 1 is 1.85 bits per heavy atom. The summed E-state index contributed by atoms with van der Waals surface area (Å²) in [4.78, 5) is 15.1. The molecule has 0 saturated heterocycles. The van der Waals surface area contributed by atoms with E-state index >= 15 is 0 Å². The smallest absolute Gasteiger partial charge is 0.236 e. The van der Waals surface area contributed by atoms with Gasteiger partial charge in [0.15, 0.2) is 0 Å². The Morgan fingerprint density at radius 2 is 2.62 bits per heavy atom. The van der Waals surface area contributed by atoms with Crippen LogP contribution in [-0.2, 0) is 11.2 Å². The lowest BCUT2D eigenvalue weighted by atomic mass is 10.3. The molecule has 5 heteroatoms. The van der Waals surface area contributed by atoms with E-state index in [0.29, 0.717) is 6.54 Å². The summed E-state index contributed by atoms with van der Waals surface area (Å²) in [6.45, 7) is 2.27. The Labute approximate surface area is 81.2 Å². The van der Waals surface area contributed by atoms with Gasteiger partial charge in [0.25, 0.3) is 0 Å². The summed E-state index contributed by atoms with van der Waals surface area (Å²) in [5, 5.41) is 5.67. The van der Waals surface area contributed by atoms with E-state index in [1.807, 2.05) is 5.38 Å². The lowest BCUT2D eigenvalue weighted by molar-refractivity contribution is -0.121. The van der Waals surface area contributed by atoms with Crippen LogP contribution in [0.15, 0.2) is 11.6 Å². The van der Waals surface area contributed by atoms with Crippen molar-refractivity contribution in [2.24, 2.45) is 5.73 Å². The lowest BCUT2D eigenvalue weighted by Gasteiger charge is -2.05. The Morgan fingerprint density at radius 3 is 3.15 bits per heavy atom. The van der Waals surface area contributed by atoms with Gasteiger partial charge in [0.2, 0.25) is 5.91 Å². The van der Waals surface area contributed by atoms with Crippen molar-refractivity contribution in [1.82, 2.24) is 10.3 Å². The van der Waals surface area contributed by atoms with E-state index in [1.165, 1.54) is 0 Å². The molecule has 0 aliphatic rings. The highest BCUT2D eigenvalue weighted by Crippen LogP contribution is 2.03. The van der Waals surface area contributed by atoms with E-state index in [2.05, 4.69) is 10.3 Å². The zero-order valence-electron chi connectivity index (χ0n) is 7.49. The average molecular weight is 199 g/mol. The molecule has 3 N–H and O–H groups in total. The Kier molecular flexibility index (Phi) is 3.85. The molecule has 1 aromatic rings. The fourth-order valence-electron chi connectivity index (χ4n) is 0.830. The van der Waals surface area contributed by atoms with Crippen molar-refractivity contribution in [3.05, 3.63) is 16.6 Å². The molecule has 72 valence electrons. The molecule has 0 bridgehead atoms. The summed E-state index contributed by atoms with van der Waals surface area (Å²) in [6.07, 6.45) is 2.53. The monoisotopic (exact) mass is 199 g/mol. The predicted molar refractivity (Wildman–Crippen MR) is 52.5 cm³/mol. The first kappa shape index (κ1) is 10.1. The molecule has 1 atom stereocenters. The second kappa shape index (κ2) is 4.94. The van der Waals surface area contributed by atoms with E-state index in [9.17, 15) is 4.79 Å². The maximum absolute atomic E-state index is 11.0. The van der Waals surface area contributed by atoms with Crippen LogP contribution in [-0.4, -0.2) is 23.5 Å². The van der Waals surface area contributed by atoms with Crippen LogP contribution in [0.4, 0.5) is 0 Å². The minimum absolute atomic E-state index is 0.114. The summed E-state index contributed by atoms with van der Waals surface area (Å²) in [5.74, 6) is -0.114. The van der Waals surface area contributed by atoms with E-state index < -0.39 is 6.04 Å². The van der Waals surface area contributed by atoms with Gasteiger partial charge in [-0.05, 0) is 6.92 Å². The summed E-state index contributed by atoms with van der Waals surface area (Å²) in [6, 6.07) is -0.434. The van der Waals surface area contributed by atoms with Gasteiger partial charge in [-0.15, -0.1) is 11.3 Å². The maximum Gasteiger partial charge on any atom is 0.236 e. The third kappa shape index (κ3) is 3.52. The SMILES string of the molecule is CC(N)C(=O)NCCc1nccs1. The third-order valence-corrected chi connectivity index (χ3v) is 2.37.